The summed E-state index contributed by atoms with van der Waals surface area (Å²) in [5.41, 5.74) is -0.0450. The molecule has 0 atom stereocenters. The first-order valence-electron chi connectivity index (χ1n) is 11.6. The van der Waals surface area contributed by atoms with Crippen molar-refractivity contribution < 1.29 is 27.8 Å². The second-order valence-electron chi connectivity index (χ2n) is 8.77. The lowest BCUT2D eigenvalue weighted by Gasteiger charge is -2.34. The summed E-state index contributed by atoms with van der Waals surface area (Å²) < 4.78 is 55.1. The maximum atomic E-state index is 13.8. The monoisotopic (exact) mass is 533 g/mol. The standard InChI is InChI=1S/C25H23F4N5O2S/c26-18-3-1-16(20(13-18)25(27,28)29)12-19(15-2-4-21-17(11-15)14-30-32-21)22-23(36)31-24(37-22)34-7-5-33(6-8-34)9-10-35/h1-4,11,13-14,35-36H,5-10,12H2. The lowest BCUT2D eigenvalue weighted by Crippen LogP contribution is -2.47. The number of hydrogen-bond acceptors (Lipinski definition) is 8. The van der Waals surface area contributed by atoms with E-state index >= 15 is 0 Å². The third kappa shape index (κ3) is 5.36. The van der Waals surface area contributed by atoms with Crippen molar-refractivity contribution in [2.24, 2.45) is 10.2 Å². The molecule has 0 saturated carbocycles. The van der Waals surface area contributed by atoms with Crippen molar-refractivity contribution in [3.63, 3.8) is 0 Å². The molecule has 0 bridgehead atoms. The molecule has 1 aromatic heterocycles. The number of hydrogen-bond donors (Lipinski definition) is 2. The predicted octanol–water partition coefficient (Wildman–Crippen LogP) is 2.53. The Labute approximate surface area is 213 Å². The van der Waals surface area contributed by atoms with E-state index in [1.165, 1.54) is 11.3 Å². The molecule has 12 heteroatoms. The summed E-state index contributed by atoms with van der Waals surface area (Å²) in [6.07, 6.45) is -3.40. The molecule has 2 N–H and O–H groups in total. The minimum atomic E-state index is -4.75. The first-order chi connectivity index (χ1) is 17.7. The highest BCUT2D eigenvalue weighted by Gasteiger charge is 2.34. The molecule has 0 radical (unpaired) electrons. The zero-order chi connectivity index (χ0) is 26.2. The Morgan fingerprint density at radius 3 is 2.57 bits per heavy atom. The fraction of sp³-hybridized carbons (Fsp3) is 0.320. The average Bonchev–Trinajstić information content (AvgIpc) is 3.49. The molecule has 3 aromatic rings. The number of alkyl halides is 3. The average molecular weight is 534 g/mol. The minimum Gasteiger partial charge on any atom is -0.492 e. The van der Waals surface area contributed by atoms with Crippen molar-refractivity contribution in [1.82, 2.24) is 9.88 Å². The molecule has 194 valence electrons. The number of fused-ring (bicyclic) bond motifs is 1. The molecule has 3 heterocycles. The fourth-order valence-electron chi connectivity index (χ4n) is 4.50. The predicted molar refractivity (Wildman–Crippen MR) is 132 cm³/mol. The van der Waals surface area contributed by atoms with Crippen LogP contribution < -0.4 is 15.5 Å². The van der Waals surface area contributed by atoms with Crippen LogP contribution >= 0.6 is 11.3 Å². The van der Waals surface area contributed by atoms with Gasteiger partial charge in [-0.3, -0.25) is 4.90 Å². The number of aliphatic hydroxyl groups excluding tert-OH is 1. The third-order valence-electron chi connectivity index (χ3n) is 6.41. The topological polar surface area (TPSA) is 84.5 Å². The van der Waals surface area contributed by atoms with E-state index in [4.69, 9.17) is 5.11 Å². The van der Waals surface area contributed by atoms with Crippen LogP contribution in [0.25, 0.3) is 5.57 Å². The van der Waals surface area contributed by atoms with E-state index in [0.717, 1.165) is 12.1 Å². The molecular weight excluding hydrogens is 510 g/mol. The summed E-state index contributed by atoms with van der Waals surface area (Å²) in [5.74, 6) is -1.25. The summed E-state index contributed by atoms with van der Waals surface area (Å²) in [5, 5.41) is 29.7. The quantitative estimate of drug-likeness (QED) is 0.476. The van der Waals surface area contributed by atoms with Gasteiger partial charge >= 0.3 is 6.18 Å². The molecule has 2 aromatic carbocycles. The van der Waals surface area contributed by atoms with Crippen LogP contribution in [-0.4, -0.2) is 65.6 Å². The molecule has 2 aliphatic rings. The Balaban J connectivity index is 1.58. The molecule has 7 nitrogen and oxygen atoms in total. The number of nitrogens with zero attached hydrogens (tertiary/aromatic N) is 5. The van der Waals surface area contributed by atoms with Crippen molar-refractivity contribution in [3.05, 3.63) is 74.4 Å². The summed E-state index contributed by atoms with van der Waals surface area (Å²) in [7, 11) is 0. The van der Waals surface area contributed by atoms with Gasteiger partial charge in [-0.25, -0.2) is 4.39 Å². The number of aromatic nitrogens is 1. The zero-order valence-electron chi connectivity index (χ0n) is 19.5. The summed E-state index contributed by atoms with van der Waals surface area (Å²) in [6.45, 7) is 3.34. The van der Waals surface area contributed by atoms with Crippen molar-refractivity contribution in [3.8, 4) is 5.88 Å². The van der Waals surface area contributed by atoms with Gasteiger partial charge in [0, 0.05) is 44.7 Å². The van der Waals surface area contributed by atoms with Crippen LogP contribution in [0.2, 0.25) is 0 Å². The Morgan fingerprint density at radius 1 is 1.05 bits per heavy atom. The van der Waals surface area contributed by atoms with E-state index in [9.17, 15) is 22.7 Å². The second kappa shape index (κ2) is 10.2. The summed E-state index contributed by atoms with van der Waals surface area (Å²) in [6, 6.07) is 7.81. The van der Waals surface area contributed by atoms with Gasteiger partial charge in [0.1, 0.15) is 5.82 Å². The minimum absolute atomic E-state index is 0.0720. The number of thiazole rings is 1. The van der Waals surface area contributed by atoms with E-state index in [-0.39, 0.29) is 24.5 Å². The molecule has 5 rings (SSSR count). The van der Waals surface area contributed by atoms with Gasteiger partial charge in [-0.15, -0.1) is 0 Å². The largest absolute Gasteiger partial charge is 0.492 e. The number of aromatic hydroxyl groups is 1. The number of piperazine rings is 1. The summed E-state index contributed by atoms with van der Waals surface area (Å²) in [4.78, 5) is 8.80. The van der Waals surface area contributed by atoms with E-state index < -0.39 is 17.6 Å². The van der Waals surface area contributed by atoms with Crippen LogP contribution in [0.1, 0.15) is 21.6 Å². The fourth-order valence-corrected chi connectivity index (χ4v) is 5.57. The number of anilines is 1. The number of aliphatic hydroxyl groups is 1. The third-order valence-corrected chi connectivity index (χ3v) is 7.58. The number of β-amino-alcohol motifs (C(OH)–C–C–N with tert-alkyl or cyclic N) is 1. The van der Waals surface area contributed by atoms with Crippen molar-refractivity contribution in [2.45, 2.75) is 12.6 Å². The molecule has 0 spiro atoms. The number of halogens is 4. The van der Waals surface area contributed by atoms with E-state index in [2.05, 4.69) is 20.1 Å². The Morgan fingerprint density at radius 2 is 1.84 bits per heavy atom. The lowest BCUT2D eigenvalue weighted by molar-refractivity contribution is -0.138. The van der Waals surface area contributed by atoms with Crippen molar-refractivity contribution in [1.29, 1.82) is 0 Å². The lowest BCUT2D eigenvalue weighted by atomic mass is 9.96. The van der Waals surface area contributed by atoms with Gasteiger partial charge in [0.25, 0.3) is 0 Å². The van der Waals surface area contributed by atoms with Crippen LogP contribution in [0, 0.1) is 5.82 Å². The highest BCUT2D eigenvalue weighted by Crippen LogP contribution is 2.39. The van der Waals surface area contributed by atoms with Gasteiger partial charge in [-0.05, 0) is 40.6 Å². The normalized spacial score (nSPS) is 16.6. The van der Waals surface area contributed by atoms with E-state index in [0.29, 0.717) is 70.5 Å². The van der Waals surface area contributed by atoms with Crippen LogP contribution in [0.15, 0.2) is 46.6 Å². The first kappa shape index (κ1) is 25.3. The molecule has 1 saturated heterocycles. The van der Waals surface area contributed by atoms with Gasteiger partial charge in [-0.1, -0.05) is 23.5 Å². The maximum Gasteiger partial charge on any atom is 0.416 e. The Hall–Kier alpha value is -3.35. The van der Waals surface area contributed by atoms with E-state index in [1.54, 1.807) is 24.4 Å². The van der Waals surface area contributed by atoms with Gasteiger partial charge in [0.15, 0.2) is 5.13 Å². The van der Waals surface area contributed by atoms with Gasteiger partial charge < -0.3 is 15.1 Å². The summed E-state index contributed by atoms with van der Waals surface area (Å²) >= 11 is 1.20. The number of benzene rings is 2. The molecular formula is C25H23F4N5O2S. The molecule has 0 amide bonds. The maximum absolute atomic E-state index is 13.8. The highest BCUT2D eigenvalue weighted by atomic mass is 32.1. The smallest absolute Gasteiger partial charge is 0.416 e. The molecule has 0 aliphatic carbocycles. The van der Waals surface area contributed by atoms with Crippen LogP contribution in [0.4, 0.5) is 22.7 Å². The molecule has 2 aliphatic heterocycles. The molecule has 37 heavy (non-hydrogen) atoms. The second-order valence-corrected chi connectivity index (χ2v) is 9.75. The number of rotatable bonds is 6. The van der Waals surface area contributed by atoms with Gasteiger partial charge in [0.2, 0.25) is 5.88 Å². The SMILES string of the molecule is OCCN1CCN(c2nc(O)c(C(Cc3ccc(F)cc3C(F)(F)F)=c3ccc4c(c3)C=NN=4)s2)CC1. The zero-order valence-corrected chi connectivity index (χ0v) is 20.4. The Bertz CT molecular complexity index is 1460. The first-order valence-corrected chi connectivity index (χ1v) is 12.4. The Kier molecular flexibility index (Phi) is 6.97. The van der Waals surface area contributed by atoms with Gasteiger partial charge in [-0.2, -0.15) is 28.4 Å². The van der Waals surface area contributed by atoms with E-state index in [1.807, 2.05) is 4.90 Å². The van der Waals surface area contributed by atoms with Crippen molar-refractivity contribution >= 4 is 28.3 Å². The van der Waals surface area contributed by atoms with Gasteiger partial charge in [0.05, 0.1) is 28.6 Å². The van der Waals surface area contributed by atoms with Crippen LogP contribution in [-0.2, 0) is 12.6 Å². The molecule has 1 fully saturated rings. The van der Waals surface area contributed by atoms with Crippen molar-refractivity contribution in [2.75, 3.05) is 44.2 Å². The van der Waals surface area contributed by atoms with Crippen LogP contribution in [0.5, 0.6) is 5.88 Å². The van der Waals surface area contributed by atoms with Crippen LogP contribution in [0.3, 0.4) is 0 Å². The molecule has 0 unspecified atom stereocenters. The highest BCUT2D eigenvalue weighted by molar-refractivity contribution is 7.17.